The van der Waals surface area contributed by atoms with Gasteiger partial charge in [0.15, 0.2) is 11.5 Å². The van der Waals surface area contributed by atoms with Crippen LogP contribution in [0.1, 0.15) is 32.1 Å². The highest BCUT2D eigenvalue weighted by molar-refractivity contribution is 6.45. The lowest BCUT2D eigenvalue weighted by Crippen LogP contribution is -2.39. The van der Waals surface area contributed by atoms with E-state index < -0.39 is 30.3 Å². The number of amides is 5. The van der Waals surface area contributed by atoms with Crippen molar-refractivity contribution < 1.29 is 28.7 Å². The fourth-order valence-corrected chi connectivity index (χ4v) is 3.59. The van der Waals surface area contributed by atoms with Gasteiger partial charge in [0.2, 0.25) is 12.7 Å². The van der Waals surface area contributed by atoms with Gasteiger partial charge in [-0.05, 0) is 44.2 Å². The maximum atomic E-state index is 12.5. The zero-order valence-electron chi connectivity index (χ0n) is 15.8. The number of hydrogen-bond donors (Lipinski definition) is 1. The third kappa shape index (κ3) is 3.94. The normalized spacial score (nSPS) is 18.3. The first kappa shape index (κ1) is 19.0. The predicted octanol–water partition coefficient (Wildman–Crippen LogP) is 2.04. The second-order valence-corrected chi connectivity index (χ2v) is 7.11. The van der Waals surface area contributed by atoms with Gasteiger partial charge in [0, 0.05) is 18.3 Å². The molecule has 9 heteroatoms. The average molecular weight is 399 g/mol. The number of urea groups is 1. The Morgan fingerprint density at radius 1 is 1.03 bits per heavy atom. The molecule has 0 bridgehead atoms. The van der Waals surface area contributed by atoms with Crippen LogP contribution in [0.2, 0.25) is 0 Å². The Morgan fingerprint density at radius 2 is 1.83 bits per heavy atom. The van der Waals surface area contributed by atoms with Gasteiger partial charge in [-0.3, -0.25) is 19.3 Å². The third-order valence-corrected chi connectivity index (χ3v) is 5.13. The molecule has 1 saturated heterocycles. The molecule has 0 radical (unpaired) electrons. The van der Waals surface area contributed by atoms with Crippen LogP contribution < -0.4 is 14.8 Å². The minimum Gasteiger partial charge on any atom is -0.454 e. The Labute approximate surface area is 167 Å². The molecule has 1 aliphatic carbocycles. The largest absolute Gasteiger partial charge is 0.454 e. The molecule has 0 aromatic heterocycles. The van der Waals surface area contributed by atoms with Crippen LogP contribution in [0.4, 0.5) is 10.5 Å². The molecule has 5 amide bonds. The van der Waals surface area contributed by atoms with Gasteiger partial charge in [-0.2, -0.15) is 0 Å². The van der Waals surface area contributed by atoms with Crippen LogP contribution in [0.5, 0.6) is 11.5 Å². The summed E-state index contributed by atoms with van der Waals surface area (Å²) in [5.74, 6) is -1.39. The second kappa shape index (κ2) is 7.94. The Bertz CT molecular complexity index is 909. The fraction of sp³-hybridized carbons (Fsp3) is 0.400. The van der Waals surface area contributed by atoms with Crippen molar-refractivity contribution in [3.8, 4) is 11.5 Å². The van der Waals surface area contributed by atoms with Crippen molar-refractivity contribution in [2.24, 2.45) is 0 Å². The summed E-state index contributed by atoms with van der Waals surface area (Å²) in [5.41, 5.74) is 1.63. The van der Waals surface area contributed by atoms with E-state index in [1.807, 2.05) is 0 Å². The summed E-state index contributed by atoms with van der Waals surface area (Å²) in [6.45, 7) is -0.273. The Hall–Kier alpha value is -3.36. The van der Waals surface area contributed by atoms with E-state index in [1.54, 1.807) is 18.2 Å². The lowest BCUT2D eigenvalue weighted by Gasteiger charge is -2.17. The highest BCUT2D eigenvalue weighted by Crippen LogP contribution is 2.34. The van der Waals surface area contributed by atoms with Gasteiger partial charge in [0.25, 0.3) is 0 Å². The van der Waals surface area contributed by atoms with Crippen LogP contribution in [-0.4, -0.2) is 53.4 Å². The molecule has 29 heavy (non-hydrogen) atoms. The number of carbonyl (C=O) groups excluding carboxylic acids is 4. The number of ether oxygens (including phenoxy) is 2. The number of rotatable bonds is 6. The first-order chi connectivity index (χ1) is 14.0. The van der Waals surface area contributed by atoms with Gasteiger partial charge < -0.3 is 14.8 Å². The summed E-state index contributed by atoms with van der Waals surface area (Å²) in [4.78, 5) is 50.8. The molecule has 0 spiro atoms. The van der Waals surface area contributed by atoms with Gasteiger partial charge in [0.05, 0.1) is 0 Å². The van der Waals surface area contributed by atoms with Crippen LogP contribution in [0.15, 0.2) is 29.8 Å². The minimum atomic E-state index is -0.978. The van der Waals surface area contributed by atoms with Crippen LogP contribution in [0.3, 0.4) is 0 Å². The van der Waals surface area contributed by atoms with Gasteiger partial charge in [-0.15, -0.1) is 0 Å². The van der Waals surface area contributed by atoms with Crippen molar-refractivity contribution in [3.63, 3.8) is 0 Å². The number of imide groups is 2. The molecule has 3 aliphatic rings. The summed E-state index contributed by atoms with van der Waals surface area (Å²) in [7, 11) is 0. The van der Waals surface area contributed by atoms with Crippen LogP contribution >= 0.6 is 0 Å². The monoisotopic (exact) mass is 399 g/mol. The number of nitrogens with one attached hydrogen (secondary N) is 1. The first-order valence-corrected chi connectivity index (χ1v) is 9.57. The molecule has 2 heterocycles. The van der Waals surface area contributed by atoms with Gasteiger partial charge in [0.1, 0.15) is 6.54 Å². The lowest BCUT2D eigenvalue weighted by molar-refractivity contribution is -0.143. The predicted molar refractivity (Wildman–Crippen MR) is 101 cm³/mol. The third-order valence-electron chi connectivity index (χ3n) is 5.13. The van der Waals surface area contributed by atoms with E-state index in [1.165, 1.54) is 5.57 Å². The van der Waals surface area contributed by atoms with E-state index in [4.69, 9.17) is 9.47 Å². The van der Waals surface area contributed by atoms with E-state index in [-0.39, 0.29) is 13.3 Å². The molecule has 9 nitrogen and oxygen atoms in total. The number of allylic oxidation sites excluding steroid dienone is 1. The van der Waals surface area contributed by atoms with Crippen molar-refractivity contribution in [1.82, 2.24) is 9.80 Å². The van der Waals surface area contributed by atoms with E-state index in [0.29, 0.717) is 28.5 Å². The van der Waals surface area contributed by atoms with Crippen molar-refractivity contribution in [1.29, 1.82) is 0 Å². The fourth-order valence-electron chi connectivity index (χ4n) is 3.59. The molecule has 4 rings (SSSR count). The minimum absolute atomic E-state index is 0.109. The molecular formula is C20H21N3O6. The van der Waals surface area contributed by atoms with E-state index >= 15 is 0 Å². The summed E-state index contributed by atoms with van der Waals surface area (Å²) < 4.78 is 10.5. The van der Waals surface area contributed by atoms with Crippen molar-refractivity contribution in [2.45, 2.75) is 32.1 Å². The van der Waals surface area contributed by atoms with Crippen molar-refractivity contribution >= 4 is 29.4 Å². The number of nitrogens with zero attached hydrogens (tertiary/aromatic N) is 2. The van der Waals surface area contributed by atoms with Gasteiger partial charge in [-0.1, -0.05) is 11.6 Å². The Balaban J connectivity index is 1.35. The highest BCUT2D eigenvalue weighted by atomic mass is 16.7. The molecule has 1 aromatic carbocycles. The maximum absolute atomic E-state index is 12.5. The summed E-state index contributed by atoms with van der Waals surface area (Å²) >= 11 is 0. The van der Waals surface area contributed by atoms with Gasteiger partial charge >= 0.3 is 17.8 Å². The molecule has 0 saturated carbocycles. The zero-order chi connectivity index (χ0) is 20.4. The van der Waals surface area contributed by atoms with Crippen LogP contribution in [-0.2, 0) is 14.4 Å². The topological polar surface area (TPSA) is 105 Å². The summed E-state index contributed by atoms with van der Waals surface area (Å²) in [5, 5.41) is 2.59. The Morgan fingerprint density at radius 3 is 2.62 bits per heavy atom. The Kier molecular flexibility index (Phi) is 5.20. The van der Waals surface area contributed by atoms with Crippen molar-refractivity contribution in [3.05, 3.63) is 29.8 Å². The van der Waals surface area contributed by atoms with Crippen molar-refractivity contribution in [2.75, 3.05) is 25.2 Å². The molecule has 0 atom stereocenters. The number of benzene rings is 1. The first-order valence-electron chi connectivity index (χ1n) is 9.57. The quantitative estimate of drug-likeness (QED) is 0.446. The molecule has 0 unspecified atom stereocenters. The number of hydrogen-bond acceptors (Lipinski definition) is 6. The van der Waals surface area contributed by atoms with E-state index in [9.17, 15) is 19.2 Å². The molecular weight excluding hydrogens is 378 g/mol. The standard InChI is InChI=1S/C20H21N3O6/c24-17(21-14-6-7-15-16(10-14)29-12-28-15)11-23-19(26)18(25)22(20(23)27)9-8-13-4-2-1-3-5-13/h4,6-7,10H,1-3,5,8-9,11-12H2,(H,21,24). The highest BCUT2D eigenvalue weighted by Gasteiger charge is 2.44. The number of carbonyl (C=O) groups is 4. The van der Waals surface area contributed by atoms with E-state index in [2.05, 4.69) is 11.4 Å². The SMILES string of the molecule is O=C(CN1C(=O)C(=O)N(CCC2=CCCCC2)C1=O)Nc1ccc2c(c1)OCO2. The molecule has 152 valence electrons. The second-order valence-electron chi connectivity index (χ2n) is 7.11. The van der Waals surface area contributed by atoms with Gasteiger partial charge in [-0.25, -0.2) is 9.69 Å². The molecule has 2 aliphatic heterocycles. The van der Waals surface area contributed by atoms with Crippen LogP contribution in [0, 0.1) is 0 Å². The van der Waals surface area contributed by atoms with Crippen LogP contribution in [0.25, 0.3) is 0 Å². The lowest BCUT2D eigenvalue weighted by atomic mass is 9.97. The average Bonchev–Trinajstić information content (AvgIpc) is 3.26. The summed E-state index contributed by atoms with van der Waals surface area (Å²) in [6, 6.07) is 4.10. The zero-order valence-corrected chi connectivity index (χ0v) is 15.8. The smallest absolute Gasteiger partial charge is 0.334 e. The molecule has 1 aromatic rings. The maximum Gasteiger partial charge on any atom is 0.334 e. The number of anilines is 1. The van der Waals surface area contributed by atoms with E-state index in [0.717, 1.165) is 30.6 Å². The molecule has 1 N–H and O–H groups in total. The molecule has 1 fully saturated rings. The number of fused-ring (bicyclic) bond motifs is 1. The summed E-state index contributed by atoms with van der Waals surface area (Å²) in [6.07, 6.45) is 6.89.